The molecule has 0 aromatic heterocycles. The molecule has 1 rings (SSSR count). The molecule has 1 aromatic rings. The van der Waals surface area contributed by atoms with E-state index in [1.54, 1.807) is 0 Å². The van der Waals surface area contributed by atoms with Crippen LogP contribution in [0.4, 0.5) is 0 Å². The van der Waals surface area contributed by atoms with E-state index in [2.05, 4.69) is 51.1 Å². The predicted octanol–water partition coefficient (Wildman–Crippen LogP) is 4.94. The third-order valence-electron chi connectivity index (χ3n) is 4.40. The zero-order chi connectivity index (χ0) is 14.1. The Bertz CT molecular complexity index is 323. The lowest BCUT2D eigenvalue weighted by Crippen LogP contribution is -2.41. The molecule has 0 radical (unpaired) electrons. The maximum absolute atomic E-state index is 6.57. The Kier molecular flexibility index (Phi) is 7.15. The zero-order valence-corrected chi connectivity index (χ0v) is 13.0. The van der Waals surface area contributed by atoms with Crippen molar-refractivity contribution >= 4 is 0 Å². The van der Waals surface area contributed by atoms with Crippen molar-refractivity contribution in [3.63, 3.8) is 0 Å². The maximum atomic E-state index is 6.57. The molecule has 2 N–H and O–H groups in total. The van der Waals surface area contributed by atoms with E-state index in [4.69, 9.17) is 5.73 Å². The molecule has 1 aromatic carbocycles. The molecule has 0 aliphatic carbocycles. The third-order valence-corrected chi connectivity index (χ3v) is 4.40. The largest absolute Gasteiger partial charge is 0.327 e. The Morgan fingerprint density at radius 1 is 1.00 bits per heavy atom. The second-order valence-corrected chi connectivity index (χ2v) is 6.16. The average Bonchev–Trinajstić information content (AvgIpc) is 2.44. The molecule has 0 spiro atoms. The van der Waals surface area contributed by atoms with E-state index in [-0.39, 0.29) is 6.04 Å². The lowest BCUT2D eigenvalue weighted by molar-refractivity contribution is 0.199. The molecule has 1 heteroatoms. The molecule has 0 fully saturated rings. The van der Waals surface area contributed by atoms with Crippen molar-refractivity contribution in [1.82, 2.24) is 0 Å². The van der Waals surface area contributed by atoms with Crippen LogP contribution in [0.2, 0.25) is 0 Å². The van der Waals surface area contributed by atoms with Crippen molar-refractivity contribution in [2.75, 3.05) is 0 Å². The fourth-order valence-corrected chi connectivity index (χ4v) is 2.77. The van der Waals surface area contributed by atoms with E-state index in [0.29, 0.717) is 5.41 Å². The van der Waals surface area contributed by atoms with E-state index >= 15 is 0 Å². The van der Waals surface area contributed by atoms with Gasteiger partial charge < -0.3 is 5.73 Å². The van der Waals surface area contributed by atoms with Crippen LogP contribution < -0.4 is 5.73 Å². The van der Waals surface area contributed by atoms with Gasteiger partial charge in [0.2, 0.25) is 0 Å². The summed E-state index contributed by atoms with van der Waals surface area (Å²) < 4.78 is 0. The molecule has 0 heterocycles. The van der Waals surface area contributed by atoms with Gasteiger partial charge in [0, 0.05) is 6.04 Å². The van der Waals surface area contributed by atoms with Crippen molar-refractivity contribution in [2.24, 2.45) is 11.1 Å². The molecule has 108 valence electrons. The smallest absolute Gasteiger partial charge is 0.0133 e. The summed E-state index contributed by atoms with van der Waals surface area (Å²) in [7, 11) is 0. The molecule has 0 saturated heterocycles. The molecule has 1 unspecified atom stereocenters. The summed E-state index contributed by atoms with van der Waals surface area (Å²) in [5, 5.41) is 0. The predicted molar refractivity (Wildman–Crippen MR) is 85.3 cm³/mol. The summed E-state index contributed by atoms with van der Waals surface area (Å²) in [5.74, 6) is 0. The van der Waals surface area contributed by atoms with E-state index < -0.39 is 0 Å². The summed E-state index contributed by atoms with van der Waals surface area (Å²) in [5.41, 5.74) is 8.23. The van der Waals surface area contributed by atoms with Gasteiger partial charge in [-0.1, -0.05) is 76.8 Å². The molecular formula is C18H31N. The van der Waals surface area contributed by atoms with Crippen LogP contribution in [0, 0.1) is 5.41 Å². The summed E-state index contributed by atoms with van der Waals surface area (Å²) in [4.78, 5) is 0. The normalized spacial score (nSPS) is 13.5. The van der Waals surface area contributed by atoms with Gasteiger partial charge in [-0.25, -0.2) is 0 Å². The minimum atomic E-state index is 0.271. The van der Waals surface area contributed by atoms with E-state index in [1.807, 2.05) is 0 Å². The van der Waals surface area contributed by atoms with Crippen molar-refractivity contribution in [3.8, 4) is 0 Å². The number of benzene rings is 1. The van der Waals surface area contributed by atoms with Crippen LogP contribution in [0.25, 0.3) is 0 Å². The molecule has 1 nitrogen and oxygen atoms in total. The van der Waals surface area contributed by atoms with Crippen LogP contribution in [0.3, 0.4) is 0 Å². The van der Waals surface area contributed by atoms with Crippen LogP contribution in [-0.4, -0.2) is 6.04 Å². The first kappa shape index (κ1) is 16.2. The molecular weight excluding hydrogens is 230 g/mol. The lowest BCUT2D eigenvalue weighted by atomic mass is 9.72. The van der Waals surface area contributed by atoms with Gasteiger partial charge in [-0.15, -0.1) is 0 Å². The first-order valence-corrected chi connectivity index (χ1v) is 7.92. The molecule has 1 atom stereocenters. The summed E-state index contributed by atoms with van der Waals surface area (Å²) in [6.07, 6.45) is 8.64. The highest BCUT2D eigenvalue weighted by Gasteiger charge is 2.30. The number of nitrogens with two attached hydrogens (primary N) is 1. The highest BCUT2D eigenvalue weighted by Crippen LogP contribution is 2.34. The van der Waals surface area contributed by atoms with Crippen LogP contribution in [0.15, 0.2) is 30.3 Å². The molecule has 0 aliphatic heterocycles. The van der Waals surface area contributed by atoms with E-state index in [0.717, 1.165) is 6.42 Å². The van der Waals surface area contributed by atoms with Crippen molar-refractivity contribution in [1.29, 1.82) is 0 Å². The topological polar surface area (TPSA) is 26.0 Å². The Morgan fingerprint density at radius 3 is 2.00 bits per heavy atom. The fourth-order valence-electron chi connectivity index (χ4n) is 2.77. The standard InChI is InChI=1S/C18H31N/c1-4-6-13-18(3,14-7-5-2)17(19)15-16-11-9-8-10-12-16/h8-12,17H,4-7,13-15,19H2,1-3H3. The van der Waals surface area contributed by atoms with Gasteiger partial charge in [-0.3, -0.25) is 0 Å². The van der Waals surface area contributed by atoms with Crippen LogP contribution in [0.1, 0.15) is 64.9 Å². The van der Waals surface area contributed by atoms with Gasteiger partial charge in [0.05, 0.1) is 0 Å². The second kappa shape index (κ2) is 8.37. The number of rotatable bonds is 9. The van der Waals surface area contributed by atoms with Gasteiger partial charge in [0.1, 0.15) is 0 Å². The lowest BCUT2D eigenvalue weighted by Gasteiger charge is -2.36. The highest BCUT2D eigenvalue weighted by atomic mass is 14.7. The maximum Gasteiger partial charge on any atom is 0.0133 e. The Balaban J connectivity index is 2.67. The number of hydrogen-bond acceptors (Lipinski definition) is 1. The van der Waals surface area contributed by atoms with Gasteiger partial charge in [0.25, 0.3) is 0 Å². The SMILES string of the molecule is CCCCC(C)(CCCC)C(N)Cc1ccccc1. The Morgan fingerprint density at radius 2 is 1.53 bits per heavy atom. The van der Waals surface area contributed by atoms with Crippen LogP contribution in [0.5, 0.6) is 0 Å². The number of unbranched alkanes of at least 4 members (excludes halogenated alkanes) is 2. The monoisotopic (exact) mass is 261 g/mol. The van der Waals surface area contributed by atoms with E-state index in [9.17, 15) is 0 Å². The first-order chi connectivity index (χ1) is 9.12. The number of hydrogen-bond donors (Lipinski definition) is 1. The van der Waals surface area contributed by atoms with Gasteiger partial charge in [-0.05, 0) is 30.2 Å². The summed E-state index contributed by atoms with van der Waals surface area (Å²) in [6.45, 7) is 6.93. The average molecular weight is 261 g/mol. The zero-order valence-electron chi connectivity index (χ0n) is 13.0. The van der Waals surface area contributed by atoms with Crippen LogP contribution in [-0.2, 0) is 6.42 Å². The first-order valence-electron chi connectivity index (χ1n) is 7.92. The molecule has 19 heavy (non-hydrogen) atoms. The fraction of sp³-hybridized carbons (Fsp3) is 0.667. The van der Waals surface area contributed by atoms with Crippen molar-refractivity contribution < 1.29 is 0 Å². The second-order valence-electron chi connectivity index (χ2n) is 6.16. The molecule has 0 bridgehead atoms. The Labute approximate surface area is 119 Å². The molecule has 0 aliphatic rings. The highest BCUT2D eigenvalue weighted by molar-refractivity contribution is 5.16. The van der Waals surface area contributed by atoms with Crippen molar-refractivity contribution in [3.05, 3.63) is 35.9 Å². The Hall–Kier alpha value is -0.820. The van der Waals surface area contributed by atoms with Crippen molar-refractivity contribution in [2.45, 2.75) is 71.8 Å². The minimum Gasteiger partial charge on any atom is -0.327 e. The van der Waals surface area contributed by atoms with E-state index in [1.165, 1.54) is 44.1 Å². The van der Waals surface area contributed by atoms with Gasteiger partial charge in [0.15, 0.2) is 0 Å². The quantitative estimate of drug-likeness (QED) is 0.669. The van der Waals surface area contributed by atoms with Gasteiger partial charge >= 0.3 is 0 Å². The minimum absolute atomic E-state index is 0.271. The molecule has 0 amide bonds. The van der Waals surface area contributed by atoms with Gasteiger partial charge in [-0.2, -0.15) is 0 Å². The third kappa shape index (κ3) is 5.36. The molecule has 0 saturated carbocycles. The van der Waals surface area contributed by atoms with Crippen LogP contribution >= 0.6 is 0 Å². The summed E-state index contributed by atoms with van der Waals surface area (Å²) >= 11 is 0. The summed E-state index contributed by atoms with van der Waals surface area (Å²) in [6, 6.07) is 10.9.